The topological polar surface area (TPSA) is 58.6 Å². The Morgan fingerprint density at radius 2 is 2.12 bits per heavy atom. The minimum atomic E-state index is -0.956. The van der Waals surface area contributed by atoms with Crippen LogP contribution in [0.3, 0.4) is 0 Å². The number of carbonyl (C=O) groups is 1. The maximum Gasteiger partial charge on any atom is 0.337 e. The molecule has 0 spiro atoms. The molecule has 0 aliphatic rings. The lowest BCUT2D eigenvalue weighted by molar-refractivity contribution is -0.150. The fourth-order valence-electron chi connectivity index (χ4n) is 1.36. The number of rotatable bonds is 7. The fraction of sp³-hybridized carbons (Fsp3) is 0.417. The number of likely N-dealkylation sites (N-methyl/N-ethyl adjacent to an activating group) is 1. The van der Waals surface area contributed by atoms with Crippen molar-refractivity contribution in [2.75, 3.05) is 19.7 Å². The third-order valence-electron chi connectivity index (χ3n) is 2.14. The summed E-state index contributed by atoms with van der Waals surface area (Å²) in [6.07, 6.45) is -0.875. The Morgan fingerprint density at radius 3 is 2.69 bits per heavy atom. The Balaban J connectivity index is 2.52. The number of hydrogen-bond acceptors (Lipinski definition) is 3. The molecule has 1 aromatic rings. The van der Waals surface area contributed by atoms with Crippen LogP contribution in [0, 0.1) is 0 Å². The zero-order valence-electron chi connectivity index (χ0n) is 9.35. The average molecular weight is 223 g/mol. The second-order valence-corrected chi connectivity index (χ2v) is 3.35. The van der Waals surface area contributed by atoms with Gasteiger partial charge < -0.3 is 15.2 Å². The molecule has 4 heteroatoms. The Morgan fingerprint density at radius 1 is 1.44 bits per heavy atom. The highest BCUT2D eigenvalue weighted by Gasteiger charge is 2.19. The Hall–Kier alpha value is -1.39. The van der Waals surface area contributed by atoms with E-state index < -0.39 is 12.1 Å². The quantitative estimate of drug-likeness (QED) is 0.687. The molecular weight excluding hydrogens is 206 g/mol. The van der Waals surface area contributed by atoms with Gasteiger partial charge in [0.1, 0.15) is 0 Å². The highest BCUT2D eigenvalue weighted by atomic mass is 16.5. The van der Waals surface area contributed by atoms with Crippen molar-refractivity contribution in [2.45, 2.75) is 13.0 Å². The maximum atomic E-state index is 11.0. The van der Waals surface area contributed by atoms with Crippen molar-refractivity contribution in [1.82, 2.24) is 5.32 Å². The van der Waals surface area contributed by atoms with Crippen molar-refractivity contribution >= 4 is 5.97 Å². The van der Waals surface area contributed by atoms with Crippen LogP contribution < -0.4 is 5.32 Å². The fourth-order valence-corrected chi connectivity index (χ4v) is 1.36. The first-order valence-corrected chi connectivity index (χ1v) is 5.35. The summed E-state index contributed by atoms with van der Waals surface area (Å²) in [6.45, 7) is 3.89. The molecule has 0 aromatic heterocycles. The molecule has 0 radical (unpaired) electrons. The third kappa shape index (κ3) is 4.00. The van der Waals surface area contributed by atoms with E-state index in [4.69, 9.17) is 9.84 Å². The molecule has 2 N–H and O–H groups in total. The SMILES string of the molecule is CCNCCOC(C(=O)O)c1ccccc1. The zero-order valence-corrected chi connectivity index (χ0v) is 9.35. The molecule has 0 fully saturated rings. The Bertz CT molecular complexity index is 313. The maximum absolute atomic E-state index is 11.0. The van der Waals surface area contributed by atoms with Crippen molar-refractivity contribution in [3.05, 3.63) is 35.9 Å². The van der Waals surface area contributed by atoms with Crippen molar-refractivity contribution in [2.24, 2.45) is 0 Å². The normalized spacial score (nSPS) is 12.3. The number of aliphatic carboxylic acids is 1. The lowest BCUT2D eigenvalue weighted by Crippen LogP contribution is -2.23. The number of carboxylic acid groups (broad SMARTS) is 1. The molecule has 88 valence electrons. The Kier molecular flexibility index (Phi) is 5.53. The molecule has 0 amide bonds. The first kappa shape index (κ1) is 12.7. The zero-order chi connectivity index (χ0) is 11.8. The van der Waals surface area contributed by atoms with Crippen LogP contribution in [0.5, 0.6) is 0 Å². The molecule has 16 heavy (non-hydrogen) atoms. The minimum Gasteiger partial charge on any atom is -0.479 e. The van der Waals surface area contributed by atoms with Crippen LogP contribution in [-0.2, 0) is 9.53 Å². The largest absolute Gasteiger partial charge is 0.479 e. The monoisotopic (exact) mass is 223 g/mol. The molecule has 1 unspecified atom stereocenters. The van der Waals surface area contributed by atoms with E-state index in [1.54, 1.807) is 24.3 Å². The van der Waals surface area contributed by atoms with Gasteiger partial charge >= 0.3 is 5.97 Å². The molecule has 1 rings (SSSR count). The molecule has 0 saturated carbocycles. The van der Waals surface area contributed by atoms with Gasteiger partial charge in [-0.2, -0.15) is 0 Å². The Labute approximate surface area is 95.2 Å². The summed E-state index contributed by atoms with van der Waals surface area (Å²) in [5.41, 5.74) is 0.673. The molecule has 1 atom stereocenters. The van der Waals surface area contributed by atoms with Crippen molar-refractivity contribution in [3.8, 4) is 0 Å². The van der Waals surface area contributed by atoms with Crippen LogP contribution in [0.1, 0.15) is 18.6 Å². The standard InChI is InChI=1S/C12H17NO3/c1-2-13-8-9-16-11(12(14)15)10-6-4-3-5-7-10/h3-7,11,13H,2,8-9H2,1H3,(H,14,15). The predicted molar refractivity (Wildman–Crippen MR) is 61.3 cm³/mol. The van der Waals surface area contributed by atoms with Gasteiger partial charge in [-0.3, -0.25) is 0 Å². The van der Waals surface area contributed by atoms with Gasteiger partial charge in [-0.05, 0) is 12.1 Å². The van der Waals surface area contributed by atoms with E-state index >= 15 is 0 Å². The number of carboxylic acids is 1. The summed E-state index contributed by atoms with van der Waals surface area (Å²) < 4.78 is 5.33. The van der Waals surface area contributed by atoms with Gasteiger partial charge in [0.15, 0.2) is 6.10 Å². The van der Waals surface area contributed by atoms with Crippen molar-refractivity contribution in [1.29, 1.82) is 0 Å². The first-order valence-electron chi connectivity index (χ1n) is 5.35. The molecular formula is C12H17NO3. The summed E-state index contributed by atoms with van der Waals surface area (Å²) in [6, 6.07) is 8.97. The molecule has 0 heterocycles. The van der Waals surface area contributed by atoms with Gasteiger partial charge in [-0.25, -0.2) is 4.79 Å². The van der Waals surface area contributed by atoms with E-state index in [2.05, 4.69) is 5.32 Å². The molecule has 0 saturated heterocycles. The summed E-state index contributed by atoms with van der Waals surface area (Å²) in [7, 11) is 0. The first-order chi connectivity index (χ1) is 7.75. The van der Waals surface area contributed by atoms with Crippen LogP contribution in [-0.4, -0.2) is 30.8 Å². The van der Waals surface area contributed by atoms with Crippen molar-refractivity contribution < 1.29 is 14.6 Å². The van der Waals surface area contributed by atoms with Gasteiger partial charge in [-0.15, -0.1) is 0 Å². The summed E-state index contributed by atoms with van der Waals surface area (Å²) >= 11 is 0. The van der Waals surface area contributed by atoms with Crippen molar-refractivity contribution in [3.63, 3.8) is 0 Å². The average Bonchev–Trinajstić information content (AvgIpc) is 2.30. The summed E-state index contributed by atoms with van der Waals surface area (Å²) in [5.74, 6) is -0.956. The van der Waals surface area contributed by atoms with Crippen LogP contribution >= 0.6 is 0 Å². The highest BCUT2D eigenvalue weighted by Crippen LogP contribution is 2.16. The molecule has 4 nitrogen and oxygen atoms in total. The van der Waals surface area contributed by atoms with Crippen LogP contribution in [0.15, 0.2) is 30.3 Å². The molecule has 1 aromatic carbocycles. The molecule has 0 bridgehead atoms. The lowest BCUT2D eigenvalue weighted by Gasteiger charge is -2.13. The smallest absolute Gasteiger partial charge is 0.337 e. The lowest BCUT2D eigenvalue weighted by atomic mass is 10.1. The number of hydrogen-bond donors (Lipinski definition) is 2. The highest BCUT2D eigenvalue weighted by molar-refractivity contribution is 5.74. The van der Waals surface area contributed by atoms with E-state index in [-0.39, 0.29) is 0 Å². The second-order valence-electron chi connectivity index (χ2n) is 3.35. The molecule has 0 aliphatic heterocycles. The van der Waals surface area contributed by atoms with Gasteiger partial charge in [0.25, 0.3) is 0 Å². The van der Waals surface area contributed by atoms with E-state index in [1.165, 1.54) is 0 Å². The molecule has 0 aliphatic carbocycles. The van der Waals surface area contributed by atoms with Crippen LogP contribution in [0.25, 0.3) is 0 Å². The van der Waals surface area contributed by atoms with Gasteiger partial charge in [-0.1, -0.05) is 37.3 Å². The van der Waals surface area contributed by atoms with E-state index in [9.17, 15) is 4.79 Å². The van der Waals surface area contributed by atoms with Gasteiger partial charge in [0.2, 0.25) is 0 Å². The van der Waals surface area contributed by atoms with Gasteiger partial charge in [0.05, 0.1) is 6.61 Å². The summed E-state index contributed by atoms with van der Waals surface area (Å²) in [4.78, 5) is 11.0. The van der Waals surface area contributed by atoms with E-state index in [0.717, 1.165) is 6.54 Å². The van der Waals surface area contributed by atoms with E-state index in [0.29, 0.717) is 18.7 Å². The van der Waals surface area contributed by atoms with E-state index in [1.807, 2.05) is 13.0 Å². The van der Waals surface area contributed by atoms with Crippen LogP contribution in [0.2, 0.25) is 0 Å². The second kappa shape index (κ2) is 6.98. The number of ether oxygens (including phenoxy) is 1. The summed E-state index contributed by atoms with van der Waals surface area (Å²) in [5, 5.41) is 12.1. The van der Waals surface area contributed by atoms with Gasteiger partial charge in [0, 0.05) is 6.54 Å². The number of nitrogens with one attached hydrogen (secondary N) is 1. The minimum absolute atomic E-state index is 0.389. The predicted octanol–water partition coefficient (Wildman–Crippen LogP) is 1.44. The van der Waals surface area contributed by atoms with Crippen LogP contribution in [0.4, 0.5) is 0 Å². The number of benzene rings is 1. The third-order valence-corrected chi connectivity index (χ3v) is 2.14.